The lowest BCUT2D eigenvalue weighted by molar-refractivity contribution is -0.109. The van der Waals surface area contributed by atoms with Crippen LogP contribution in [0.25, 0.3) is 0 Å². The van der Waals surface area contributed by atoms with E-state index >= 15 is 0 Å². The third kappa shape index (κ3) is 6.67. The largest absolute Gasteiger partial charge is 0.445 e. The minimum absolute atomic E-state index is 0.000254. The minimum atomic E-state index is -0.562. The number of amides is 2. The summed E-state index contributed by atoms with van der Waals surface area (Å²) in [5.74, 6) is 0.354. The molecule has 0 saturated carbocycles. The Bertz CT molecular complexity index is 724. The van der Waals surface area contributed by atoms with Crippen molar-refractivity contribution in [3.63, 3.8) is 0 Å². The van der Waals surface area contributed by atoms with Gasteiger partial charge in [-0.3, -0.25) is 4.79 Å². The molecule has 1 aliphatic heterocycles. The molecule has 10 heteroatoms. The molecule has 0 aromatic carbocycles. The summed E-state index contributed by atoms with van der Waals surface area (Å²) in [7, 11) is 0. The summed E-state index contributed by atoms with van der Waals surface area (Å²) in [6.07, 6.45) is 6.21. The van der Waals surface area contributed by atoms with Crippen LogP contribution in [-0.4, -0.2) is 69.8 Å². The SMILES string of the molecule is C=CCOC(=O)N(CC[C@@H]1C[C@H](SC(C)=O)CN1C(=O)OCC=C)c1ncc[nH]1. The van der Waals surface area contributed by atoms with E-state index < -0.39 is 12.2 Å². The second-order valence-corrected chi connectivity index (χ2v) is 7.83. The number of rotatable bonds is 9. The molecular weight excluding hydrogens is 396 g/mol. The van der Waals surface area contributed by atoms with Crippen LogP contribution in [0.2, 0.25) is 0 Å². The monoisotopic (exact) mass is 422 g/mol. The van der Waals surface area contributed by atoms with Crippen molar-refractivity contribution in [1.29, 1.82) is 0 Å². The third-order valence-electron chi connectivity index (χ3n) is 4.24. The number of hydrogen-bond acceptors (Lipinski definition) is 7. The van der Waals surface area contributed by atoms with Gasteiger partial charge in [-0.2, -0.15) is 0 Å². The molecule has 0 bridgehead atoms. The number of carbonyl (C=O) groups excluding carboxylic acids is 3. The van der Waals surface area contributed by atoms with Crippen molar-refractivity contribution >= 4 is 35.0 Å². The zero-order valence-electron chi connectivity index (χ0n) is 16.4. The summed E-state index contributed by atoms with van der Waals surface area (Å²) in [4.78, 5) is 46.3. The van der Waals surface area contributed by atoms with Gasteiger partial charge in [-0.05, 0) is 12.8 Å². The molecule has 2 amide bonds. The summed E-state index contributed by atoms with van der Waals surface area (Å²) in [5, 5.41) is -0.0150. The molecule has 2 heterocycles. The van der Waals surface area contributed by atoms with Crippen LogP contribution in [-0.2, 0) is 14.3 Å². The number of H-pyrrole nitrogens is 1. The van der Waals surface area contributed by atoms with Gasteiger partial charge in [0.25, 0.3) is 0 Å². The number of thioether (sulfide) groups is 1. The highest BCUT2D eigenvalue weighted by molar-refractivity contribution is 8.14. The van der Waals surface area contributed by atoms with Crippen molar-refractivity contribution in [2.24, 2.45) is 0 Å². The summed E-state index contributed by atoms with van der Waals surface area (Å²) >= 11 is 1.22. The number of carbonyl (C=O) groups is 3. The van der Waals surface area contributed by atoms with Gasteiger partial charge in [-0.25, -0.2) is 19.5 Å². The van der Waals surface area contributed by atoms with Crippen LogP contribution in [0.4, 0.5) is 15.5 Å². The predicted molar refractivity (Wildman–Crippen MR) is 111 cm³/mol. The Hall–Kier alpha value is -2.75. The Kier molecular flexibility index (Phi) is 8.78. The molecular formula is C19H26N4O5S. The number of likely N-dealkylation sites (tertiary alicyclic amines) is 1. The fourth-order valence-electron chi connectivity index (χ4n) is 3.08. The van der Waals surface area contributed by atoms with Crippen LogP contribution >= 0.6 is 11.8 Å². The van der Waals surface area contributed by atoms with Crippen LogP contribution in [0.15, 0.2) is 37.7 Å². The normalized spacial score (nSPS) is 18.2. The smallest absolute Gasteiger partial charge is 0.416 e. The molecule has 1 aliphatic rings. The van der Waals surface area contributed by atoms with Crippen molar-refractivity contribution in [2.45, 2.75) is 31.1 Å². The first kappa shape index (κ1) is 22.5. The van der Waals surface area contributed by atoms with Gasteiger partial charge in [0.2, 0.25) is 5.95 Å². The van der Waals surface area contributed by atoms with E-state index in [4.69, 9.17) is 9.47 Å². The molecule has 1 saturated heterocycles. The second kappa shape index (κ2) is 11.3. The summed E-state index contributed by atoms with van der Waals surface area (Å²) in [6.45, 7) is 9.46. The lowest BCUT2D eigenvalue weighted by Crippen LogP contribution is -2.40. The molecule has 1 aromatic rings. The van der Waals surface area contributed by atoms with E-state index in [2.05, 4.69) is 23.1 Å². The van der Waals surface area contributed by atoms with Crippen LogP contribution in [0, 0.1) is 0 Å². The van der Waals surface area contributed by atoms with Gasteiger partial charge in [0, 0.05) is 43.7 Å². The van der Waals surface area contributed by atoms with Gasteiger partial charge in [0.05, 0.1) is 0 Å². The number of imidazole rings is 1. The quantitative estimate of drug-likeness (QED) is 0.610. The first-order valence-corrected chi connectivity index (χ1v) is 10.1. The maximum Gasteiger partial charge on any atom is 0.416 e. The fourth-order valence-corrected chi connectivity index (χ4v) is 4.10. The number of anilines is 1. The van der Waals surface area contributed by atoms with Crippen molar-refractivity contribution in [1.82, 2.24) is 14.9 Å². The van der Waals surface area contributed by atoms with E-state index in [0.717, 1.165) is 0 Å². The summed E-state index contributed by atoms with van der Waals surface area (Å²) < 4.78 is 10.3. The van der Waals surface area contributed by atoms with E-state index in [0.29, 0.717) is 25.3 Å². The highest BCUT2D eigenvalue weighted by Crippen LogP contribution is 2.30. The number of nitrogens with zero attached hydrogens (tertiary/aromatic N) is 3. The number of hydrogen-bond donors (Lipinski definition) is 1. The first-order valence-electron chi connectivity index (χ1n) is 9.22. The number of ether oxygens (including phenoxy) is 2. The average Bonchev–Trinajstić information content (AvgIpc) is 3.34. The van der Waals surface area contributed by atoms with Gasteiger partial charge in [0.1, 0.15) is 13.2 Å². The van der Waals surface area contributed by atoms with Gasteiger partial charge < -0.3 is 19.4 Å². The van der Waals surface area contributed by atoms with E-state index in [1.54, 1.807) is 11.1 Å². The topological polar surface area (TPSA) is 105 Å². The predicted octanol–water partition coefficient (Wildman–Crippen LogP) is 2.97. The zero-order chi connectivity index (χ0) is 21.2. The van der Waals surface area contributed by atoms with E-state index in [1.165, 1.54) is 41.9 Å². The minimum Gasteiger partial charge on any atom is -0.445 e. The summed E-state index contributed by atoms with van der Waals surface area (Å²) in [6, 6.07) is -0.186. The molecule has 29 heavy (non-hydrogen) atoms. The highest BCUT2D eigenvalue weighted by Gasteiger charge is 2.37. The number of aromatic amines is 1. The maximum atomic E-state index is 12.4. The highest BCUT2D eigenvalue weighted by atomic mass is 32.2. The van der Waals surface area contributed by atoms with Crippen LogP contribution in [0.5, 0.6) is 0 Å². The van der Waals surface area contributed by atoms with Crippen molar-refractivity contribution in [2.75, 3.05) is 31.2 Å². The van der Waals surface area contributed by atoms with Gasteiger partial charge >= 0.3 is 12.2 Å². The Balaban J connectivity index is 2.08. The fraction of sp³-hybridized carbons (Fsp3) is 0.474. The molecule has 1 N–H and O–H groups in total. The van der Waals surface area contributed by atoms with Gasteiger partial charge in [-0.15, -0.1) is 0 Å². The third-order valence-corrected chi connectivity index (χ3v) is 5.25. The maximum absolute atomic E-state index is 12.4. The van der Waals surface area contributed by atoms with Crippen LogP contribution < -0.4 is 4.90 Å². The molecule has 0 spiro atoms. The van der Waals surface area contributed by atoms with Crippen molar-refractivity contribution in [3.05, 3.63) is 37.7 Å². The Morgan fingerprint density at radius 3 is 2.69 bits per heavy atom. The van der Waals surface area contributed by atoms with Gasteiger partial charge in [0.15, 0.2) is 5.12 Å². The molecule has 0 radical (unpaired) electrons. The van der Waals surface area contributed by atoms with E-state index in [-0.39, 0.29) is 36.2 Å². The zero-order valence-corrected chi connectivity index (χ0v) is 17.2. The average molecular weight is 423 g/mol. The van der Waals surface area contributed by atoms with Crippen LogP contribution in [0.3, 0.4) is 0 Å². The lowest BCUT2D eigenvalue weighted by atomic mass is 10.1. The number of aromatic nitrogens is 2. The Morgan fingerprint density at radius 1 is 1.34 bits per heavy atom. The standard InChI is InChI=1S/C19H26N4O5S/c1-4-10-27-18(25)22(17-20-7-8-21-17)9-6-15-12-16(29-14(3)24)13-23(15)19(26)28-11-5-2/h4-5,7-8,15-16H,1-2,6,9-13H2,3H3,(H,20,21)/t15-,16+/m1/s1. The van der Waals surface area contributed by atoms with E-state index in [1.807, 2.05) is 0 Å². The van der Waals surface area contributed by atoms with Crippen LogP contribution in [0.1, 0.15) is 19.8 Å². The molecule has 0 aliphatic carbocycles. The van der Waals surface area contributed by atoms with Crippen molar-refractivity contribution < 1.29 is 23.9 Å². The second-order valence-electron chi connectivity index (χ2n) is 6.36. The lowest BCUT2D eigenvalue weighted by Gasteiger charge is -2.26. The van der Waals surface area contributed by atoms with E-state index in [9.17, 15) is 14.4 Å². The molecule has 0 unspecified atom stereocenters. The Labute approximate surface area is 174 Å². The van der Waals surface area contributed by atoms with Crippen molar-refractivity contribution in [3.8, 4) is 0 Å². The molecule has 2 rings (SSSR count). The Morgan fingerprint density at radius 2 is 2.07 bits per heavy atom. The number of nitrogens with one attached hydrogen (secondary N) is 1. The molecule has 158 valence electrons. The molecule has 2 atom stereocenters. The van der Waals surface area contributed by atoms with Gasteiger partial charge in [-0.1, -0.05) is 37.1 Å². The first-order chi connectivity index (χ1) is 14.0. The molecule has 1 aromatic heterocycles. The summed E-state index contributed by atoms with van der Waals surface area (Å²) in [5.41, 5.74) is 0. The molecule has 9 nitrogen and oxygen atoms in total. The molecule has 1 fully saturated rings.